The number of aryl methyl sites for hydroxylation is 1. The Hall–Kier alpha value is -6.82. The summed E-state index contributed by atoms with van der Waals surface area (Å²) in [5.41, 5.74) is 9.69. The predicted molar refractivity (Wildman–Crippen MR) is 294 cm³/mol. The maximum absolute atomic E-state index is 14.2. The van der Waals surface area contributed by atoms with Crippen LogP contribution in [0.5, 0.6) is 11.5 Å². The van der Waals surface area contributed by atoms with Gasteiger partial charge in [-0.15, -0.1) is 15.0 Å². The molecule has 0 radical (unpaired) electrons. The van der Waals surface area contributed by atoms with E-state index in [2.05, 4.69) is 133 Å². The third-order valence-corrected chi connectivity index (χ3v) is 20.0. The number of carbonyl (C=O) groups is 1. The third kappa shape index (κ3) is 9.77. The molecule has 1 unspecified atom stereocenters. The quantitative estimate of drug-likeness (QED) is 0.0535. The number of rotatable bonds is 16. The van der Waals surface area contributed by atoms with Gasteiger partial charge in [-0.05, 0) is 114 Å². The summed E-state index contributed by atoms with van der Waals surface area (Å²) in [6.07, 6.45) is 3.81. The first-order valence-corrected chi connectivity index (χ1v) is 28.8. The van der Waals surface area contributed by atoms with Gasteiger partial charge in [0.2, 0.25) is 11.4 Å². The number of hydrogen-bond donors (Lipinski definition) is 0. The smallest absolute Gasteiger partial charge is 0.350 e. The molecule has 1 atom stereocenters. The summed E-state index contributed by atoms with van der Waals surface area (Å²) in [5, 5.41) is 15.2. The fraction of sp³-hybridized carbons (Fsp3) is 0.328. The van der Waals surface area contributed by atoms with Gasteiger partial charge in [-0.3, -0.25) is 0 Å². The van der Waals surface area contributed by atoms with Gasteiger partial charge in [0, 0.05) is 30.5 Å². The number of ether oxygens (including phenoxy) is 2. The molecule has 0 N–H and O–H groups in total. The molecule has 10 nitrogen and oxygen atoms in total. The number of nitrogens with zero attached hydrogens (tertiary/aromatic N) is 6. The number of hydrogen-bond acceptors (Lipinski definition) is 8. The van der Waals surface area contributed by atoms with Crippen molar-refractivity contribution in [2.45, 2.75) is 130 Å². The summed E-state index contributed by atoms with van der Waals surface area (Å²) in [5.74, 6) is 2.63. The second kappa shape index (κ2) is 20.6. The molecule has 1 aliphatic rings. The lowest BCUT2D eigenvalue weighted by molar-refractivity contribution is -0.164. The van der Waals surface area contributed by atoms with E-state index in [4.69, 9.17) is 45.9 Å². The van der Waals surface area contributed by atoms with Gasteiger partial charge in [0.25, 0.3) is 8.32 Å². The second-order valence-corrected chi connectivity index (χ2v) is 26.3. The molecule has 8 aromatic rings. The van der Waals surface area contributed by atoms with Gasteiger partial charge >= 0.3 is 5.97 Å². The van der Waals surface area contributed by atoms with Crippen LogP contribution in [0, 0.1) is 20.8 Å². The fourth-order valence-corrected chi connectivity index (χ4v) is 11.2. The van der Waals surface area contributed by atoms with Crippen molar-refractivity contribution in [2.75, 3.05) is 0 Å². The molecule has 2 aromatic heterocycles. The van der Waals surface area contributed by atoms with Crippen molar-refractivity contribution in [1.82, 2.24) is 29.8 Å². The zero-order valence-corrected chi connectivity index (χ0v) is 45.7. The van der Waals surface area contributed by atoms with Crippen molar-refractivity contribution < 1.29 is 18.7 Å². The van der Waals surface area contributed by atoms with Gasteiger partial charge in [-0.2, -0.15) is 0 Å². The maximum atomic E-state index is 14.2. The van der Waals surface area contributed by atoms with E-state index in [1.54, 1.807) is 4.80 Å². The molecule has 12 heteroatoms. The van der Waals surface area contributed by atoms with Crippen LogP contribution in [-0.2, 0) is 41.1 Å². The van der Waals surface area contributed by atoms with Gasteiger partial charge in [0.1, 0.15) is 23.9 Å². The molecule has 1 aliphatic heterocycles. The van der Waals surface area contributed by atoms with Crippen molar-refractivity contribution >= 4 is 25.9 Å². The SMILES string of the molecule is CCCCc1nc(Cl)c(COC(=O)C2(C)CCc3c(C)c(O[Si](C)(C)C(C)(C)C)c(C)c(C)c3O2)n1Cc1ccc(-c2ccccc2-c2nnn(C(c3ccccc3)(c3ccccc3)c3ccccc3)n2)cc1. The van der Waals surface area contributed by atoms with Crippen LogP contribution in [0.15, 0.2) is 140 Å². The lowest BCUT2D eigenvalue weighted by Gasteiger charge is -2.40. The van der Waals surface area contributed by atoms with Gasteiger partial charge in [0.15, 0.2) is 10.7 Å². The molecule has 6 aromatic carbocycles. The van der Waals surface area contributed by atoms with Crippen molar-refractivity contribution in [2.24, 2.45) is 0 Å². The summed E-state index contributed by atoms with van der Waals surface area (Å²) in [4.78, 5) is 20.8. The number of halogens is 1. The van der Waals surface area contributed by atoms with E-state index in [-0.39, 0.29) is 11.6 Å². The summed E-state index contributed by atoms with van der Waals surface area (Å²) in [7, 11) is -2.11. The average Bonchev–Trinajstić information content (AvgIpc) is 4.00. The van der Waals surface area contributed by atoms with Gasteiger partial charge in [-0.1, -0.05) is 185 Å². The minimum atomic E-state index is -2.11. The number of aromatic nitrogens is 6. The molecule has 73 heavy (non-hydrogen) atoms. The Morgan fingerprint density at radius 2 is 1.36 bits per heavy atom. The highest BCUT2D eigenvalue weighted by molar-refractivity contribution is 6.74. The molecule has 0 amide bonds. The average molecular weight is 1010 g/mol. The van der Waals surface area contributed by atoms with Crippen LogP contribution in [0.4, 0.5) is 0 Å². The van der Waals surface area contributed by atoms with Crippen LogP contribution in [-0.4, -0.2) is 49.6 Å². The molecular formula is C61H67ClN6O4Si. The third-order valence-electron chi connectivity index (χ3n) is 15.3. The zero-order valence-electron chi connectivity index (χ0n) is 43.9. The van der Waals surface area contributed by atoms with Crippen molar-refractivity contribution in [3.63, 3.8) is 0 Å². The number of esters is 1. The lowest BCUT2D eigenvalue weighted by Crippen LogP contribution is -2.46. The monoisotopic (exact) mass is 1010 g/mol. The van der Waals surface area contributed by atoms with Gasteiger partial charge in [-0.25, -0.2) is 9.78 Å². The summed E-state index contributed by atoms with van der Waals surface area (Å²) < 4.78 is 21.9. The number of fused-ring (bicyclic) bond motifs is 1. The largest absolute Gasteiger partial charge is 0.543 e. The number of unbranched alkanes of at least 4 members (excludes halogenated alkanes) is 1. The first-order chi connectivity index (χ1) is 35.0. The minimum Gasteiger partial charge on any atom is -0.543 e. The van der Waals surface area contributed by atoms with Crippen LogP contribution in [0.25, 0.3) is 22.5 Å². The number of imidazole rings is 1. The van der Waals surface area contributed by atoms with E-state index in [9.17, 15) is 4.79 Å². The van der Waals surface area contributed by atoms with E-state index in [1.165, 1.54) is 0 Å². The number of carbonyl (C=O) groups excluding carboxylic acids is 1. The van der Waals surface area contributed by atoms with Crippen LogP contribution in [0.3, 0.4) is 0 Å². The summed E-state index contributed by atoms with van der Waals surface area (Å²) in [6.45, 7) is 22.0. The molecular weight excluding hydrogens is 944 g/mol. The Morgan fingerprint density at radius 1 is 0.781 bits per heavy atom. The zero-order chi connectivity index (χ0) is 51.7. The topological polar surface area (TPSA) is 106 Å². The van der Waals surface area contributed by atoms with Crippen molar-refractivity contribution in [3.8, 4) is 34.0 Å². The van der Waals surface area contributed by atoms with Gasteiger partial charge in [0.05, 0.1) is 5.69 Å². The summed E-state index contributed by atoms with van der Waals surface area (Å²) >= 11 is 6.94. The van der Waals surface area contributed by atoms with Gasteiger partial charge < -0.3 is 18.5 Å². The fourth-order valence-electron chi connectivity index (χ4n) is 9.83. The highest BCUT2D eigenvalue weighted by Crippen LogP contribution is 2.47. The Kier molecular flexibility index (Phi) is 14.4. The minimum absolute atomic E-state index is 0.0435. The molecule has 0 saturated heterocycles. The highest BCUT2D eigenvalue weighted by atomic mass is 35.5. The number of tetrazole rings is 1. The first kappa shape index (κ1) is 51.1. The Bertz CT molecular complexity index is 3140. The van der Waals surface area contributed by atoms with E-state index in [1.807, 2.05) is 79.7 Å². The van der Waals surface area contributed by atoms with Crippen LogP contribution < -0.4 is 9.16 Å². The van der Waals surface area contributed by atoms with Crippen molar-refractivity contribution in [1.29, 1.82) is 0 Å². The molecule has 9 rings (SSSR count). The molecule has 3 heterocycles. The van der Waals surface area contributed by atoms with Crippen LogP contribution in [0.2, 0.25) is 23.3 Å². The Balaban J connectivity index is 0.968. The predicted octanol–water partition coefficient (Wildman–Crippen LogP) is 14.2. The van der Waals surface area contributed by atoms with Crippen LogP contribution >= 0.6 is 11.6 Å². The standard InChI is InChI=1S/C61H67ClN6O4Si/c1-11-12-32-53-63-56(62)52(40-70-58(69)60(8)38-37-49-43(4)54(41(2)42(3)55(49)71-60)72-73(9,10)59(5,6)7)67(53)39-44-33-35-45(36-34-44)50-30-22-23-31-51(50)57-64-66-68(65-57)61(46-24-16-13-17-25-46,47-26-18-14-19-27-47)48-28-20-15-21-29-48/h13-31,33-36H,11-12,32,37-40H2,1-10H3. The lowest BCUT2D eigenvalue weighted by atomic mass is 9.77. The number of benzene rings is 6. The Morgan fingerprint density at radius 3 is 1.93 bits per heavy atom. The van der Waals surface area contributed by atoms with Crippen molar-refractivity contribution in [3.05, 3.63) is 201 Å². The van der Waals surface area contributed by atoms with E-state index >= 15 is 0 Å². The molecule has 376 valence electrons. The van der Waals surface area contributed by atoms with E-state index in [0.717, 1.165) is 97.8 Å². The van der Waals surface area contributed by atoms with E-state index in [0.29, 0.717) is 36.1 Å². The highest BCUT2D eigenvalue weighted by Gasteiger charge is 2.45. The first-order valence-electron chi connectivity index (χ1n) is 25.5. The normalized spacial score (nSPS) is 14.9. The van der Waals surface area contributed by atoms with E-state index < -0.39 is 25.4 Å². The Labute approximate surface area is 436 Å². The molecule has 0 aliphatic carbocycles. The molecule has 0 bridgehead atoms. The molecule has 0 saturated carbocycles. The second-order valence-electron chi connectivity index (χ2n) is 21.2. The molecule has 0 fully saturated rings. The summed E-state index contributed by atoms with van der Waals surface area (Å²) in [6, 6.07) is 47.7. The molecule has 0 spiro atoms. The maximum Gasteiger partial charge on any atom is 0.350 e. The van der Waals surface area contributed by atoms with Crippen LogP contribution in [0.1, 0.15) is 110 Å².